The van der Waals surface area contributed by atoms with E-state index in [4.69, 9.17) is 0 Å². The number of rotatable bonds is 3. The fourth-order valence-electron chi connectivity index (χ4n) is 3.19. The van der Waals surface area contributed by atoms with Crippen LogP contribution in [-0.2, 0) is 11.3 Å². The van der Waals surface area contributed by atoms with Crippen LogP contribution in [0.2, 0.25) is 0 Å². The van der Waals surface area contributed by atoms with Crippen molar-refractivity contribution in [2.75, 3.05) is 18.0 Å². The molecule has 3 nitrogen and oxygen atoms in total. The Bertz CT molecular complexity index is 710. The third-order valence-electron chi connectivity index (χ3n) is 4.73. The number of amides is 1. The number of hydrogen-bond donors (Lipinski definition) is 0. The highest BCUT2D eigenvalue weighted by atomic mass is 16.2. The molecule has 2 aromatic carbocycles. The standard InChI is InChI=1S/C20H24N2O/c1-15-7-6-10-19(13-15)22-12-11-21(17(3)20(22)23)14-18-9-5-4-8-16(18)2/h4-10,13,17H,11-12,14H2,1-3H3. The van der Waals surface area contributed by atoms with Gasteiger partial charge in [0.2, 0.25) is 5.91 Å². The lowest BCUT2D eigenvalue weighted by atomic mass is 10.1. The summed E-state index contributed by atoms with van der Waals surface area (Å²) < 4.78 is 0. The zero-order valence-electron chi connectivity index (χ0n) is 14.1. The van der Waals surface area contributed by atoms with E-state index in [-0.39, 0.29) is 11.9 Å². The first-order chi connectivity index (χ1) is 11.1. The molecule has 1 heterocycles. The molecule has 0 aromatic heterocycles. The number of nitrogens with zero attached hydrogens (tertiary/aromatic N) is 2. The van der Waals surface area contributed by atoms with Gasteiger partial charge < -0.3 is 4.90 Å². The second kappa shape index (κ2) is 6.55. The molecule has 1 atom stereocenters. The molecule has 0 aliphatic carbocycles. The van der Waals surface area contributed by atoms with E-state index in [2.05, 4.69) is 55.1 Å². The first-order valence-corrected chi connectivity index (χ1v) is 8.23. The number of carbonyl (C=O) groups excluding carboxylic acids is 1. The summed E-state index contributed by atoms with van der Waals surface area (Å²) in [7, 11) is 0. The van der Waals surface area contributed by atoms with Crippen molar-refractivity contribution in [2.45, 2.75) is 33.4 Å². The third kappa shape index (κ3) is 3.30. The van der Waals surface area contributed by atoms with Gasteiger partial charge in [0.25, 0.3) is 0 Å². The van der Waals surface area contributed by atoms with Crippen LogP contribution in [0.15, 0.2) is 48.5 Å². The molecule has 1 fully saturated rings. The molecule has 1 aliphatic heterocycles. The van der Waals surface area contributed by atoms with E-state index in [9.17, 15) is 4.79 Å². The number of piperazine rings is 1. The van der Waals surface area contributed by atoms with Crippen LogP contribution < -0.4 is 4.90 Å². The molecule has 1 amide bonds. The lowest BCUT2D eigenvalue weighted by Gasteiger charge is -2.39. The second-order valence-corrected chi connectivity index (χ2v) is 6.40. The molecule has 0 spiro atoms. The van der Waals surface area contributed by atoms with Crippen LogP contribution in [0.1, 0.15) is 23.6 Å². The molecule has 0 N–H and O–H groups in total. The number of anilines is 1. The van der Waals surface area contributed by atoms with Gasteiger partial charge in [0.15, 0.2) is 0 Å². The van der Waals surface area contributed by atoms with E-state index in [0.717, 1.165) is 25.3 Å². The highest BCUT2D eigenvalue weighted by Gasteiger charge is 2.32. The Kier molecular flexibility index (Phi) is 4.49. The Morgan fingerprint density at radius 1 is 1.04 bits per heavy atom. The fourth-order valence-corrected chi connectivity index (χ4v) is 3.19. The van der Waals surface area contributed by atoms with Gasteiger partial charge in [0.1, 0.15) is 0 Å². The summed E-state index contributed by atoms with van der Waals surface area (Å²) in [6.07, 6.45) is 0. The Labute approximate surface area is 138 Å². The minimum absolute atomic E-state index is 0.0936. The number of aryl methyl sites for hydroxylation is 2. The van der Waals surface area contributed by atoms with Crippen molar-refractivity contribution in [2.24, 2.45) is 0 Å². The van der Waals surface area contributed by atoms with Gasteiger partial charge >= 0.3 is 0 Å². The van der Waals surface area contributed by atoms with Crippen LogP contribution in [0.5, 0.6) is 0 Å². The number of carbonyl (C=O) groups is 1. The zero-order valence-corrected chi connectivity index (χ0v) is 14.1. The van der Waals surface area contributed by atoms with Crippen LogP contribution in [0, 0.1) is 13.8 Å². The van der Waals surface area contributed by atoms with Gasteiger partial charge in [-0.3, -0.25) is 9.69 Å². The average Bonchev–Trinajstić information content (AvgIpc) is 2.54. The molecule has 2 aromatic rings. The van der Waals surface area contributed by atoms with Crippen LogP contribution in [0.25, 0.3) is 0 Å². The monoisotopic (exact) mass is 308 g/mol. The first kappa shape index (κ1) is 15.8. The molecule has 1 unspecified atom stereocenters. The summed E-state index contributed by atoms with van der Waals surface area (Å²) in [6, 6.07) is 16.5. The van der Waals surface area contributed by atoms with E-state index in [0.29, 0.717) is 0 Å². The second-order valence-electron chi connectivity index (χ2n) is 6.40. The summed E-state index contributed by atoms with van der Waals surface area (Å²) in [5.74, 6) is 0.190. The summed E-state index contributed by atoms with van der Waals surface area (Å²) in [4.78, 5) is 17.0. The lowest BCUT2D eigenvalue weighted by Crippen LogP contribution is -2.55. The normalized spacial score (nSPS) is 19.2. The molecule has 1 saturated heterocycles. The average molecular weight is 308 g/mol. The van der Waals surface area contributed by atoms with Crippen molar-refractivity contribution < 1.29 is 4.79 Å². The number of benzene rings is 2. The number of hydrogen-bond acceptors (Lipinski definition) is 2. The van der Waals surface area contributed by atoms with Gasteiger partial charge in [-0.2, -0.15) is 0 Å². The topological polar surface area (TPSA) is 23.6 Å². The predicted molar refractivity (Wildman–Crippen MR) is 94.6 cm³/mol. The Balaban J connectivity index is 1.75. The van der Waals surface area contributed by atoms with E-state index in [1.54, 1.807) is 0 Å². The van der Waals surface area contributed by atoms with Crippen LogP contribution >= 0.6 is 0 Å². The lowest BCUT2D eigenvalue weighted by molar-refractivity contribution is -0.125. The minimum Gasteiger partial charge on any atom is -0.310 e. The van der Waals surface area contributed by atoms with Gasteiger partial charge in [-0.15, -0.1) is 0 Å². The maximum atomic E-state index is 12.8. The fraction of sp³-hybridized carbons (Fsp3) is 0.350. The highest BCUT2D eigenvalue weighted by Crippen LogP contribution is 2.23. The summed E-state index contributed by atoms with van der Waals surface area (Å²) >= 11 is 0. The maximum Gasteiger partial charge on any atom is 0.244 e. The summed E-state index contributed by atoms with van der Waals surface area (Å²) in [5, 5.41) is 0. The SMILES string of the molecule is Cc1cccc(N2CCN(Cc3ccccc3C)C(C)C2=O)c1. The van der Waals surface area contributed by atoms with Crippen molar-refractivity contribution >= 4 is 11.6 Å². The Morgan fingerprint density at radius 3 is 2.57 bits per heavy atom. The minimum atomic E-state index is -0.0936. The van der Waals surface area contributed by atoms with E-state index in [1.165, 1.54) is 16.7 Å². The molecular weight excluding hydrogens is 284 g/mol. The third-order valence-corrected chi connectivity index (χ3v) is 4.73. The maximum absolute atomic E-state index is 12.8. The van der Waals surface area contributed by atoms with E-state index < -0.39 is 0 Å². The molecule has 3 heteroatoms. The first-order valence-electron chi connectivity index (χ1n) is 8.23. The zero-order chi connectivity index (χ0) is 16.4. The highest BCUT2D eigenvalue weighted by molar-refractivity contribution is 5.97. The predicted octanol–water partition coefficient (Wildman–Crippen LogP) is 3.54. The van der Waals surface area contributed by atoms with Crippen molar-refractivity contribution in [1.29, 1.82) is 0 Å². The van der Waals surface area contributed by atoms with Gasteiger partial charge in [0.05, 0.1) is 6.04 Å². The van der Waals surface area contributed by atoms with Crippen molar-refractivity contribution in [1.82, 2.24) is 4.90 Å². The van der Waals surface area contributed by atoms with Gasteiger partial charge in [-0.05, 0) is 49.6 Å². The van der Waals surface area contributed by atoms with Gasteiger partial charge in [0, 0.05) is 25.3 Å². The van der Waals surface area contributed by atoms with Gasteiger partial charge in [-0.25, -0.2) is 0 Å². The quantitative estimate of drug-likeness (QED) is 0.866. The molecule has 23 heavy (non-hydrogen) atoms. The van der Waals surface area contributed by atoms with Crippen LogP contribution in [0.3, 0.4) is 0 Å². The Morgan fingerprint density at radius 2 is 1.83 bits per heavy atom. The molecule has 0 radical (unpaired) electrons. The van der Waals surface area contributed by atoms with E-state index >= 15 is 0 Å². The Hall–Kier alpha value is -2.13. The molecule has 0 bridgehead atoms. The van der Waals surface area contributed by atoms with Crippen LogP contribution in [-0.4, -0.2) is 29.9 Å². The van der Waals surface area contributed by atoms with Crippen LogP contribution in [0.4, 0.5) is 5.69 Å². The smallest absolute Gasteiger partial charge is 0.244 e. The van der Waals surface area contributed by atoms with Crippen molar-refractivity contribution in [3.63, 3.8) is 0 Å². The largest absolute Gasteiger partial charge is 0.310 e. The molecular formula is C20H24N2O. The van der Waals surface area contributed by atoms with E-state index in [1.807, 2.05) is 24.0 Å². The molecule has 0 saturated carbocycles. The molecule has 120 valence electrons. The molecule has 1 aliphatic rings. The summed E-state index contributed by atoms with van der Waals surface area (Å²) in [5.41, 5.74) is 4.78. The summed E-state index contributed by atoms with van der Waals surface area (Å²) in [6.45, 7) is 8.69. The van der Waals surface area contributed by atoms with Gasteiger partial charge in [-0.1, -0.05) is 36.4 Å². The van der Waals surface area contributed by atoms with Crippen molar-refractivity contribution in [3.8, 4) is 0 Å². The molecule has 3 rings (SSSR count). The van der Waals surface area contributed by atoms with Crippen molar-refractivity contribution in [3.05, 3.63) is 65.2 Å².